The second-order valence-electron chi connectivity index (χ2n) is 11.3. The first-order valence-corrected chi connectivity index (χ1v) is 14.7. The Morgan fingerprint density at radius 1 is 1.00 bits per heavy atom. The van der Waals surface area contributed by atoms with Crippen LogP contribution in [0.2, 0.25) is 0 Å². The predicted octanol–water partition coefficient (Wildman–Crippen LogP) is 4.36. The molecule has 1 aliphatic carbocycles. The SMILES string of the molecule is CC[C@]1(C(=O)N2CCN(c3cc(C(F)(F)F)ccn3)CC2)CC[C@H](NC2CCOCC2OC)C1.O=C(O)C(F)(F)F.O=C(O)C(F)(F)F. The van der Waals surface area contributed by atoms with E-state index in [0.29, 0.717) is 45.2 Å². The normalized spacial score (nSPS) is 24.9. The Morgan fingerprint density at radius 2 is 1.56 bits per heavy atom. The molecule has 2 saturated heterocycles. The number of carboxylic acids is 2. The van der Waals surface area contributed by atoms with Crippen LogP contribution in [-0.4, -0.2) is 115 Å². The summed E-state index contributed by atoms with van der Waals surface area (Å²) in [7, 11) is 1.71. The van der Waals surface area contributed by atoms with E-state index in [1.165, 1.54) is 6.20 Å². The molecule has 3 fully saturated rings. The Kier molecular flexibility index (Phi) is 14.3. The minimum absolute atomic E-state index is 0.0265. The molecular formula is C28H37F9N4O7. The van der Waals surface area contributed by atoms with Gasteiger partial charge >= 0.3 is 30.5 Å². The van der Waals surface area contributed by atoms with Crippen molar-refractivity contribution in [2.45, 2.75) is 75.7 Å². The van der Waals surface area contributed by atoms with E-state index in [4.69, 9.17) is 29.3 Å². The van der Waals surface area contributed by atoms with Gasteiger partial charge in [0.1, 0.15) is 5.82 Å². The first-order chi connectivity index (χ1) is 22.1. The molecule has 48 heavy (non-hydrogen) atoms. The van der Waals surface area contributed by atoms with Crippen molar-refractivity contribution in [3.05, 3.63) is 23.9 Å². The number of hydrogen-bond donors (Lipinski definition) is 3. The number of hydrogen-bond acceptors (Lipinski definition) is 8. The zero-order valence-corrected chi connectivity index (χ0v) is 25.9. The van der Waals surface area contributed by atoms with Crippen molar-refractivity contribution in [3.63, 3.8) is 0 Å². The van der Waals surface area contributed by atoms with E-state index < -0.39 is 36.0 Å². The molecule has 1 amide bonds. The Hall–Kier alpha value is -3.39. The maximum absolute atomic E-state index is 13.6. The lowest BCUT2D eigenvalue weighted by Gasteiger charge is -2.40. The van der Waals surface area contributed by atoms with E-state index in [2.05, 4.69) is 17.2 Å². The third-order valence-corrected chi connectivity index (χ3v) is 8.24. The van der Waals surface area contributed by atoms with E-state index in [-0.39, 0.29) is 29.5 Å². The lowest BCUT2D eigenvalue weighted by Crippen LogP contribution is -2.54. The summed E-state index contributed by atoms with van der Waals surface area (Å²) >= 11 is 0. The molecule has 274 valence electrons. The number of aliphatic carboxylic acids is 2. The summed E-state index contributed by atoms with van der Waals surface area (Å²) in [6, 6.07) is 2.56. The molecule has 1 saturated carbocycles. The number of halogens is 9. The number of alkyl halides is 9. The molecule has 11 nitrogen and oxygen atoms in total. The van der Waals surface area contributed by atoms with Gasteiger partial charge in [0.2, 0.25) is 5.91 Å². The molecule has 3 heterocycles. The van der Waals surface area contributed by atoms with E-state index in [1.54, 1.807) is 7.11 Å². The van der Waals surface area contributed by atoms with Crippen molar-refractivity contribution in [2.75, 3.05) is 51.4 Å². The van der Waals surface area contributed by atoms with Crippen molar-refractivity contribution < 1.29 is 73.6 Å². The van der Waals surface area contributed by atoms with Crippen molar-refractivity contribution >= 4 is 23.7 Å². The van der Waals surface area contributed by atoms with Crippen LogP contribution in [0.25, 0.3) is 0 Å². The number of carbonyl (C=O) groups is 3. The van der Waals surface area contributed by atoms with Crippen LogP contribution in [0.5, 0.6) is 0 Å². The van der Waals surface area contributed by atoms with E-state index >= 15 is 0 Å². The highest BCUT2D eigenvalue weighted by Crippen LogP contribution is 2.43. The first-order valence-electron chi connectivity index (χ1n) is 14.7. The van der Waals surface area contributed by atoms with E-state index in [0.717, 1.165) is 44.2 Å². The second kappa shape index (κ2) is 16.8. The molecule has 1 aromatic heterocycles. The van der Waals surface area contributed by atoms with Gasteiger partial charge in [-0.3, -0.25) is 4.79 Å². The van der Waals surface area contributed by atoms with Crippen LogP contribution >= 0.6 is 0 Å². The number of pyridine rings is 1. The monoisotopic (exact) mass is 712 g/mol. The molecule has 0 spiro atoms. The number of rotatable bonds is 6. The predicted molar refractivity (Wildman–Crippen MR) is 149 cm³/mol. The van der Waals surface area contributed by atoms with Gasteiger partial charge in [0.05, 0.1) is 23.7 Å². The molecule has 4 rings (SSSR count). The zero-order valence-electron chi connectivity index (χ0n) is 25.9. The van der Waals surface area contributed by atoms with Crippen LogP contribution in [0.3, 0.4) is 0 Å². The average molecular weight is 713 g/mol. The number of anilines is 1. The highest BCUT2D eigenvalue weighted by atomic mass is 19.4. The maximum atomic E-state index is 13.6. The summed E-state index contributed by atoms with van der Waals surface area (Å²) in [6.45, 7) is 5.30. The van der Waals surface area contributed by atoms with Gasteiger partial charge in [0, 0.05) is 58.2 Å². The van der Waals surface area contributed by atoms with Gasteiger partial charge in [-0.15, -0.1) is 0 Å². The van der Waals surface area contributed by atoms with Gasteiger partial charge < -0.3 is 34.8 Å². The Bertz CT molecular complexity index is 1200. The van der Waals surface area contributed by atoms with Crippen LogP contribution in [-0.2, 0) is 30.0 Å². The number of ether oxygens (including phenoxy) is 2. The van der Waals surface area contributed by atoms with Crippen LogP contribution in [0.15, 0.2) is 18.3 Å². The van der Waals surface area contributed by atoms with E-state index in [9.17, 15) is 44.3 Å². The van der Waals surface area contributed by atoms with Gasteiger partial charge in [0.15, 0.2) is 0 Å². The summed E-state index contributed by atoms with van der Waals surface area (Å²) < 4.78 is 114. The maximum Gasteiger partial charge on any atom is 0.490 e. The largest absolute Gasteiger partial charge is 0.490 e. The van der Waals surface area contributed by atoms with Crippen molar-refractivity contribution in [1.82, 2.24) is 15.2 Å². The number of nitrogens with one attached hydrogen (secondary N) is 1. The molecule has 3 aliphatic rings. The van der Waals surface area contributed by atoms with Crippen LogP contribution in [0, 0.1) is 5.41 Å². The van der Waals surface area contributed by atoms with Gasteiger partial charge in [0.25, 0.3) is 0 Å². The molecule has 20 heteroatoms. The number of amides is 1. The lowest BCUT2D eigenvalue weighted by atomic mass is 9.81. The van der Waals surface area contributed by atoms with Gasteiger partial charge in [-0.2, -0.15) is 39.5 Å². The number of piperazine rings is 1. The molecule has 0 radical (unpaired) electrons. The lowest BCUT2D eigenvalue weighted by molar-refractivity contribution is -0.193. The molecular weight excluding hydrogens is 675 g/mol. The summed E-state index contributed by atoms with van der Waals surface area (Å²) in [6.07, 6.45) is -9.08. The van der Waals surface area contributed by atoms with Gasteiger partial charge in [-0.1, -0.05) is 6.92 Å². The zero-order chi connectivity index (χ0) is 36.5. The highest BCUT2D eigenvalue weighted by molar-refractivity contribution is 5.83. The Balaban J connectivity index is 0.000000479. The fourth-order valence-electron chi connectivity index (χ4n) is 5.61. The molecule has 2 aliphatic heterocycles. The first kappa shape index (κ1) is 40.8. The molecule has 3 N–H and O–H groups in total. The quantitative estimate of drug-likeness (QED) is 0.365. The number of aromatic nitrogens is 1. The molecule has 0 bridgehead atoms. The standard InChI is InChI=1S/C24H35F3N4O3.2C2HF3O2/c1-3-23(7-4-18(15-23)29-19-6-13-34-16-20(19)33-2)22(32)31-11-9-30(10-12-31)21-14-17(5-8-28-21)24(25,26)27;2*3-2(4,5)1(6)7/h5,8,14,18-20,29H,3-4,6-7,9-13,15-16H2,1-2H3;2*(H,6,7)/t18-,19?,20?,23-;;/m0../s1. The minimum Gasteiger partial charge on any atom is -0.475 e. The highest BCUT2D eigenvalue weighted by Gasteiger charge is 2.47. The van der Waals surface area contributed by atoms with Crippen LogP contribution < -0.4 is 10.2 Å². The second-order valence-corrected chi connectivity index (χ2v) is 11.3. The number of carboxylic acid groups (broad SMARTS) is 2. The smallest absolute Gasteiger partial charge is 0.475 e. The van der Waals surface area contributed by atoms with E-state index in [1.807, 2.05) is 9.80 Å². The molecule has 0 aromatic carbocycles. The Labute approximate surface area is 269 Å². The average Bonchev–Trinajstić information content (AvgIpc) is 3.44. The summed E-state index contributed by atoms with van der Waals surface area (Å²) in [5.74, 6) is -5.03. The number of nitrogens with zero attached hydrogens (tertiary/aromatic N) is 3. The van der Waals surface area contributed by atoms with Crippen molar-refractivity contribution in [2.24, 2.45) is 5.41 Å². The molecule has 1 aromatic rings. The topological polar surface area (TPSA) is 142 Å². The number of methoxy groups -OCH3 is 1. The summed E-state index contributed by atoms with van der Waals surface area (Å²) in [5, 5.41) is 18.0. The fraction of sp³-hybridized carbons (Fsp3) is 0.714. The van der Waals surface area contributed by atoms with Crippen LogP contribution in [0.1, 0.15) is 44.6 Å². The molecule has 2 unspecified atom stereocenters. The summed E-state index contributed by atoms with van der Waals surface area (Å²) in [5.41, 5.74) is -1.09. The van der Waals surface area contributed by atoms with Gasteiger partial charge in [-0.25, -0.2) is 14.6 Å². The van der Waals surface area contributed by atoms with Crippen molar-refractivity contribution in [3.8, 4) is 0 Å². The minimum atomic E-state index is -5.08. The third kappa shape index (κ3) is 11.6. The van der Waals surface area contributed by atoms with Crippen LogP contribution in [0.4, 0.5) is 45.3 Å². The number of carbonyl (C=O) groups excluding carboxylic acids is 1. The van der Waals surface area contributed by atoms with Crippen molar-refractivity contribution in [1.29, 1.82) is 0 Å². The summed E-state index contributed by atoms with van der Waals surface area (Å²) in [4.78, 5) is 39.2. The fourth-order valence-corrected chi connectivity index (χ4v) is 5.61. The third-order valence-electron chi connectivity index (χ3n) is 8.24. The Morgan fingerprint density at radius 3 is 2.04 bits per heavy atom. The van der Waals surface area contributed by atoms with Gasteiger partial charge in [-0.05, 0) is 44.2 Å². The molecule has 4 atom stereocenters.